The molecular weight excluding hydrogens is 803 g/mol. The molecule has 0 spiro atoms. The van der Waals surface area contributed by atoms with Gasteiger partial charge in [-0.2, -0.15) is 9.97 Å². The lowest BCUT2D eigenvalue weighted by Gasteiger charge is -2.33. The fourth-order valence-corrected chi connectivity index (χ4v) is 10.3. The predicted octanol–water partition coefficient (Wildman–Crippen LogP) is 15.5. The number of hydrogen-bond acceptors (Lipinski definition) is 6. The highest BCUT2D eigenvalue weighted by Crippen LogP contribution is 2.53. The highest BCUT2D eigenvalue weighted by atomic mass is 32.2. The number of para-hydroxylation sites is 3. The van der Waals surface area contributed by atoms with Gasteiger partial charge in [0.15, 0.2) is 11.6 Å². The molecule has 0 N–H and O–H groups in total. The number of anilines is 3. The maximum atomic E-state index is 6.21. The Kier molecular flexibility index (Phi) is 8.35. The van der Waals surface area contributed by atoms with Crippen molar-refractivity contribution in [2.45, 2.75) is 9.79 Å². The molecular formula is C57H35N5OS. The number of rotatable bonds is 6. The van der Waals surface area contributed by atoms with Crippen LogP contribution in [0.2, 0.25) is 0 Å². The fraction of sp³-hybridized carbons (Fsp3) is 0. The molecule has 0 bridgehead atoms. The molecule has 12 aromatic rings. The third-order valence-corrected chi connectivity index (χ3v) is 13.4. The molecule has 0 atom stereocenters. The first kappa shape index (κ1) is 36.4. The smallest absolute Gasteiger partial charge is 0.238 e. The average Bonchev–Trinajstić information content (AvgIpc) is 3.91. The summed E-state index contributed by atoms with van der Waals surface area (Å²) < 4.78 is 8.39. The van der Waals surface area contributed by atoms with E-state index in [2.05, 4.69) is 173 Å². The third kappa shape index (κ3) is 6.01. The normalized spacial score (nSPS) is 12.3. The molecule has 0 saturated carbocycles. The molecule has 1 aliphatic rings. The molecule has 13 rings (SSSR count). The molecule has 4 heterocycles. The van der Waals surface area contributed by atoms with E-state index in [-0.39, 0.29) is 0 Å². The van der Waals surface area contributed by atoms with Gasteiger partial charge in [-0.3, -0.25) is 4.57 Å². The Bertz CT molecular complexity index is 3770. The van der Waals surface area contributed by atoms with E-state index < -0.39 is 0 Å². The Labute approximate surface area is 372 Å². The number of nitrogens with zero attached hydrogens (tertiary/aromatic N) is 5. The van der Waals surface area contributed by atoms with E-state index in [9.17, 15) is 0 Å². The van der Waals surface area contributed by atoms with Crippen LogP contribution in [0, 0.1) is 0 Å². The lowest BCUT2D eigenvalue weighted by molar-refractivity contribution is 0.669. The Hall–Kier alpha value is -8.26. The maximum absolute atomic E-state index is 6.21. The summed E-state index contributed by atoms with van der Waals surface area (Å²) in [5.41, 5.74) is 13.7. The summed E-state index contributed by atoms with van der Waals surface area (Å²) in [7, 11) is 0. The lowest BCUT2D eigenvalue weighted by atomic mass is 10.0. The largest absolute Gasteiger partial charge is 0.456 e. The van der Waals surface area contributed by atoms with Crippen LogP contribution in [-0.2, 0) is 0 Å². The molecule has 0 unspecified atom stereocenters. The summed E-state index contributed by atoms with van der Waals surface area (Å²) in [6.45, 7) is 0. The van der Waals surface area contributed by atoms with Crippen LogP contribution in [0.5, 0.6) is 0 Å². The van der Waals surface area contributed by atoms with Gasteiger partial charge in [-0.05, 0) is 89.0 Å². The van der Waals surface area contributed by atoms with Gasteiger partial charge in [0.25, 0.3) is 0 Å². The quantitative estimate of drug-likeness (QED) is 0.166. The first-order chi connectivity index (χ1) is 31.7. The molecule has 64 heavy (non-hydrogen) atoms. The van der Waals surface area contributed by atoms with Crippen molar-refractivity contribution >= 4 is 72.6 Å². The van der Waals surface area contributed by atoms with E-state index in [4.69, 9.17) is 19.4 Å². The molecule has 0 amide bonds. The van der Waals surface area contributed by atoms with Gasteiger partial charge in [0.1, 0.15) is 11.2 Å². The molecule has 7 heteroatoms. The minimum Gasteiger partial charge on any atom is -0.456 e. The molecule has 0 radical (unpaired) electrons. The van der Waals surface area contributed by atoms with Gasteiger partial charge in [0, 0.05) is 48.2 Å². The molecule has 0 fully saturated rings. The first-order valence-electron chi connectivity index (χ1n) is 21.3. The summed E-state index contributed by atoms with van der Waals surface area (Å²) in [5, 5.41) is 4.48. The summed E-state index contributed by atoms with van der Waals surface area (Å²) in [4.78, 5) is 20.2. The van der Waals surface area contributed by atoms with Crippen LogP contribution in [-0.4, -0.2) is 19.5 Å². The zero-order valence-corrected chi connectivity index (χ0v) is 35.1. The van der Waals surface area contributed by atoms with Crippen LogP contribution in [0.25, 0.3) is 94.7 Å². The monoisotopic (exact) mass is 837 g/mol. The van der Waals surface area contributed by atoms with E-state index in [1.165, 1.54) is 15.4 Å². The number of aromatic nitrogens is 4. The first-order valence-corrected chi connectivity index (χ1v) is 22.2. The van der Waals surface area contributed by atoms with Crippen LogP contribution in [0.4, 0.5) is 17.1 Å². The molecule has 3 aromatic heterocycles. The minimum absolute atomic E-state index is 0.570. The second-order valence-corrected chi connectivity index (χ2v) is 17.1. The number of benzene rings is 9. The molecule has 300 valence electrons. The highest BCUT2D eigenvalue weighted by molar-refractivity contribution is 7.99. The zero-order chi connectivity index (χ0) is 42.1. The Balaban J connectivity index is 0.926. The van der Waals surface area contributed by atoms with Crippen LogP contribution >= 0.6 is 11.8 Å². The van der Waals surface area contributed by atoms with E-state index in [0.29, 0.717) is 17.6 Å². The van der Waals surface area contributed by atoms with Crippen molar-refractivity contribution in [3.05, 3.63) is 212 Å². The lowest BCUT2D eigenvalue weighted by Crippen LogP contribution is -2.14. The highest BCUT2D eigenvalue weighted by Gasteiger charge is 2.26. The number of fused-ring (bicyclic) bond motifs is 8. The van der Waals surface area contributed by atoms with Crippen molar-refractivity contribution < 1.29 is 4.42 Å². The van der Waals surface area contributed by atoms with Crippen molar-refractivity contribution in [1.29, 1.82) is 0 Å². The van der Waals surface area contributed by atoms with E-state index >= 15 is 0 Å². The van der Waals surface area contributed by atoms with E-state index in [1.807, 2.05) is 60.3 Å². The molecule has 6 nitrogen and oxygen atoms in total. The summed E-state index contributed by atoms with van der Waals surface area (Å²) >= 11 is 1.82. The van der Waals surface area contributed by atoms with Crippen LogP contribution in [0.15, 0.2) is 227 Å². The topological polar surface area (TPSA) is 60.0 Å². The minimum atomic E-state index is 0.570. The van der Waals surface area contributed by atoms with Crippen molar-refractivity contribution in [1.82, 2.24) is 19.5 Å². The third-order valence-electron chi connectivity index (χ3n) is 12.3. The van der Waals surface area contributed by atoms with Crippen molar-refractivity contribution in [2.75, 3.05) is 4.90 Å². The summed E-state index contributed by atoms with van der Waals surface area (Å²) in [5.74, 6) is 1.81. The number of furan rings is 1. The standard InChI is InChI=1S/C57H35N5OS/c1-3-13-36(14-4-1)37-23-25-39(26-24-37)56-58-55(38-15-5-2-6-16-38)59-57(60-56)62-47-19-9-7-17-43(47)45-33-40(27-30-48(45)62)41-28-31-50-54(34-41)64-53-22-12-10-20-49(53)61(50)42-29-32-52-46(35-42)44-18-8-11-21-51(44)63-52/h1-35H. The second kappa shape index (κ2) is 14.7. The van der Waals surface area contributed by atoms with Crippen molar-refractivity contribution in [3.8, 4) is 51.0 Å². The van der Waals surface area contributed by atoms with Crippen LogP contribution < -0.4 is 4.90 Å². The van der Waals surface area contributed by atoms with Gasteiger partial charge in [-0.25, -0.2) is 4.98 Å². The van der Waals surface area contributed by atoms with Gasteiger partial charge in [0.05, 0.1) is 22.4 Å². The van der Waals surface area contributed by atoms with Gasteiger partial charge in [-0.1, -0.05) is 157 Å². The Morgan fingerprint density at radius 2 is 0.938 bits per heavy atom. The Morgan fingerprint density at radius 1 is 0.359 bits per heavy atom. The fourth-order valence-electron chi connectivity index (χ4n) is 9.19. The molecule has 0 aliphatic carbocycles. The molecule has 1 aliphatic heterocycles. The van der Waals surface area contributed by atoms with Gasteiger partial charge in [-0.15, -0.1) is 0 Å². The van der Waals surface area contributed by atoms with Crippen LogP contribution in [0.3, 0.4) is 0 Å². The molecule has 9 aromatic carbocycles. The summed E-state index contributed by atoms with van der Waals surface area (Å²) in [6.07, 6.45) is 0. The zero-order valence-electron chi connectivity index (χ0n) is 34.3. The molecule has 0 saturated heterocycles. The number of hydrogen-bond donors (Lipinski definition) is 0. The average molecular weight is 838 g/mol. The van der Waals surface area contributed by atoms with Crippen molar-refractivity contribution in [3.63, 3.8) is 0 Å². The van der Waals surface area contributed by atoms with Crippen LogP contribution in [0.1, 0.15) is 0 Å². The van der Waals surface area contributed by atoms with Gasteiger partial charge >= 0.3 is 0 Å². The van der Waals surface area contributed by atoms with E-state index in [0.717, 1.165) is 88.6 Å². The second-order valence-electron chi connectivity index (χ2n) is 16.0. The summed E-state index contributed by atoms with van der Waals surface area (Å²) in [6, 6.07) is 74.6. The predicted molar refractivity (Wildman–Crippen MR) is 262 cm³/mol. The Morgan fingerprint density at radius 3 is 1.77 bits per heavy atom. The SMILES string of the molecule is c1ccc(-c2ccc(-c3nc(-c4ccccc4)nc(-n4c5ccccc5c5cc(-c6ccc7c(c6)Sc6ccccc6N7c6ccc7oc8ccccc8c7c6)ccc54)n3)cc2)cc1. The van der Waals surface area contributed by atoms with Crippen molar-refractivity contribution in [2.24, 2.45) is 0 Å². The maximum Gasteiger partial charge on any atom is 0.238 e. The van der Waals surface area contributed by atoms with Gasteiger partial charge in [0.2, 0.25) is 5.95 Å². The van der Waals surface area contributed by atoms with Gasteiger partial charge < -0.3 is 9.32 Å². The van der Waals surface area contributed by atoms with E-state index in [1.54, 1.807) is 0 Å².